The van der Waals surface area contributed by atoms with E-state index in [2.05, 4.69) is 12.2 Å². The minimum atomic E-state index is -0.690. The molecular weight excluding hydrogens is 420 g/mol. The summed E-state index contributed by atoms with van der Waals surface area (Å²) in [6.07, 6.45) is 2.36. The van der Waals surface area contributed by atoms with E-state index in [1.54, 1.807) is 12.1 Å². The van der Waals surface area contributed by atoms with Gasteiger partial charge in [-0.2, -0.15) is 0 Å². The van der Waals surface area contributed by atoms with Crippen LogP contribution in [0.4, 0.5) is 5.69 Å². The van der Waals surface area contributed by atoms with Crippen LogP contribution in [0, 0.1) is 17.8 Å². The summed E-state index contributed by atoms with van der Waals surface area (Å²) in [6.45, 7) is 3.52. The van der Waals surface area contributed by atoms with Crippen molar-refractivity contribution >= 4 is 29.4 Å². The van der Waals surface area contributed by atoms with Crippen LogP contribution >= 0.6 is 0 Å². The van der Waals surface area contributed by atoms with Crippen LogP contribution in [0.1, 0.15) is 55.1 Å². The number of carbonyl (C=O) groups excluding carboxylic acids is 4. The fourth-order valence-electron chi connectivity index (χ4n) is 4.74. The number of fused-ring (bicyclic) bond motifs is 1. The van der Waals surface area contributed by atoms with E-state index in [-0.39, 0.29) is 35.3 Å². The lowest BCUT2D eigenvalue weighted by atomic mass is 9.76. The number of amides is 3. The Labute approximate surface area is 193 Å². The molecule has 33 heavy (non-hydrogen) atoms. The highest BCUT2D eigenvalue weighted by Crippen LogP contribution is 2.42. The minimum absolute atomic E-state index is 0.181. The van der Waals surface area contributed by atoms with Crippen molar-refractivity contribution in [3.05, 3.63) is 65.7 Å². The van der Waals surface area contributed by atoms with Crippen molar-refractivity contribution < 1.29 is 23.9 Å². The van der Waals surface area contributed by atoms with Crippen LogP contribution in [0.5, 0.6) is 0 Å². The number of ether oxygens (including phenoxy) is 1. The van der Waals surface area contributed by atoms with Crippen LogP contribution in [0.2, 0.25) is 0 Å². The monoisotopic (exact) mass is 448 g/mol. The van der Waals surface area contributed by atoms with E-state index in [0.29, 0.717) is 24.4 Å². The summed E-state index contributed by atoms with van der Waals surface area (Å²) in [7, 11) is 0. The van der Waals surface area contributed by atoms with Crippen molar-refractivity contribution in [2.45, 2.75) is 39.2 Å². The number of hydrogen-bond donors (Lipinski definition) is 1. The van der Waals surface area contributed by atoms with Crippen molar-refractivity contribution in [2.24, 2.45) is 17.8 Å². The zero-order valence-electron chi connectivity index (χ0n) is 18.8. The molecule has 1 N–H and O–H groups in total. The normalized spacial score (nSPS) is 23.1. The van der Waals surface area contributed by atoms with Gasteiger partial charge in [0.05, 0.1) is 29.1 Å². The van der Waals surface area contributed by atoms with E-state index >= 15 is 0 Å². The third-order valence-corrected chi connectivity index (χ3v) is 6.54. The summed E-state index contributed by atoms with van der Waals surface area (Å²) < 4.78 is 5.17. The van der Waals surface area contributed by atoms with Crippen LogP contribution in [0.3, 0.4) is 0 Å². The van der Waals surface area contributed by atoms with Crippen molar-refractivity contribution in [2.75, 3.05) is 11.5 Å². The Morgan fingerprint density at radius 1 is 1.03 bits per heavy atom. The van der Waals surface area contributed by atoms with Gasteiger partial charge in [0, 0.05) is 0 Å². The number of rotatable bonds is 6. The Balaban J connectivity index is 1.38. The van der Waals surface area contributed by atoms with Crippen LogP contribution in [0.15, 0.2) is 54.6 Å². The van der Waals surface area contributed by atoms with Gasteiger partial charge < -0.3 is 10.1 Å². The second-order valence-corrected chi connectivity index (χ2v) is 8.97. The predicted octanol–water partition coefficient (Wildman–Crippen LogP) is 3.65. The molecule has 2 fully saturated rings. The van der Waals surface area contributed by atoms with E-state index in [1.165, 1.54) is 17.0 Å². The molecule has 7 heteroatoms. The maximum absolute atomic E-state index is 12.9. The first-order valence-electron chi connectivity index (χ1n) is 11.3. The molecule has 2 aromatic carbocycles. The van der Waals surface area contributed by atoms with Gasteiger partial charge in [-0.05, 0) is 55.9 Å². The topological polar surface area (TPSA) is 92.8 Å². The molecule has 4 rings (SSSR count). The first kappa shape index (κ1) is 22.7. The van der Waals surface area contributed by atoms with E-state index in [9.17, 15) is 19.2 Å². The molecule has 1 aliphatic carbocycles. The molecule has 3 amide bonds. The van der Waals surface area contributed by atoms with Gasteiger partial charge in [-0.1, -0.05) is 43.3 Å². The van der Waals surface area contributed by atoms with Gasteiger partial charge in [-0.25, -0.2) is 4.79 Å². The standard InChI is InChI=1S/C26H28N2O5/c1-16-11-12-21-22(13-16)25(31)28(24(21)30)20-10-6-9-19(14-20)26(32)33-15-23(29)27-17(2)18-7-4-3-5-8-18/h3-10,14,16-17,21-22H,11-13,15H2,1-2H3,(H,27,29)/t16-,17+,21+,22-/m1/s1. The molecule has 2 aliphatic rings. The largest absolute Gasteiger partial charge is 0.452 e. The lowest BCUT2D eigenvalue weighted by Crippen LogP contribution is -2.31. The SMILES string of the molecule is C[C@@H]1CC[C@@H]2C(=O)N(c3cccc(C(=O)OCC(=O)N[C@@H](C)c4ccccc4)c3)C(=O)[C@@H]2C1. The molecule has 1 aliphatic heterocycles. The molecule has 4 atom stereocenters. The number of imide groups is 1. The lowest BCUT2D eigenvalue weighted by Gasteiger charge is -2.25. The highest BCUT2D eigenvalue weighted by atomic mass is 16.5. The third-order valence-electron chi connectivity index (χ3n) is 6.54. The number of anilines is 1. The minimum Gasteiger partial charge on any atom is -0.452 e. The maximum atomic E-state index is 12.9. The number of nitrogens with one attached hydrogen (secondary N) is 1. The Morgan fingerprint density at radius 3 is 2.52 bits per heavy atom. The van der Waals surface area contributed by atoms with Gasteiger partial charge in [0.2, 0.25) is 11.8 Å². The zero-order chi connectivity index (χ0) is 23.5. The van der Waals surface area contributed by atoms with Crippen LogP contribution in [-0.4, -0.2) is 30.3 Å². The van der Waals surface area contributed by atoms with Crippen LogP contribution in [-0.2, 0) is 19.1 Å². The molecule has 2 aromatic rings. The molecule has 0 spiro atoms. The summed E-state index contributed by atoms with van der Waals surface area (Å²) in [5.41, 5.74) is 1.49. The molecule has 1 saturated carbocycles. The molecule has 0 bridgehead atoms. The Morgan fingerprint density at radius 2 is 1.76 bits per heavy atom. The molecule has 0 radical (unpaired) electrons. The average Bonchev–Trinajstić information content (AvgIpc) is 3.07. The number of nitrogens with zero attached hydrogens (tertiary/aromatic N) is 1. The van der Waals surface area contributed by atoms with Gasteiger partial charge in [-0.15, -0.1) is 0 Å². The highest BCUT2D eigenvalue weighted by Gasteiger charge is 2.50. The zero-order valence-corrected chi connectivity index (χ0v) is 18.8. The second kappa shape index (κ2) is 9.57. The quantitative estimate of drug-likeness (QED) is 0.538. The van der Waals surface area contributed by atoms with E-state index in [0.717, 1.165) is 12.0 Å². The summed E-state index contributed by atoms with van der Waals surface area (Å²) in [4.78, 5) is 51.8. The first-order valence-corrected chi connectivity index (χ1v) is 11.3. The van der Waals surface area contributed by atoms with E-state index in [4.69, 9.17) is 4.74 Å². The molecule has 0 unspecified atom stereocenters. The summed E-state index contributed by atoms with van der Waals surface area (Å²) in [5, 5.41) is 2.79. The first-order chi connectivity index (χ1) is 15.8. The summed E-state index contributed by atoms with van der Waals surface area (Å²) >= 11 is 0. The molecule has 172 valence electrons. The number of hydrogen-bond acceptors (Lipinski definition) is 5. The van der Waals surface area contributed by atoms with Crippen molar-refractivity contribution in [1.29, 1.82) is 0 Å². The van der Waals surface area contributed by atoms with Crippen molar-refractivity contribution in [1.82, 2.24) is 5.32 Å². The van der Waals surface area contributed by atoms with Crippen molar-refractivity contribution in [3.8, 4) is 0 Å². The van der Waals surface area contributed by atoms with Gasteiger partial charge in [-0.3, -0.25) is 19.3 Å². The smallest absolute Gasteiger partial charge is 0.338 e. The van der Waals surface area contributed by atoms with Gasteiger partial charge in [0.25, 0.3) is 5.91 Å². The predicted molar refractivity (Wildman–Crippen MR) is 122 cm³/mol. The summed E-state index contributed by atoms with van der Waals surface area (Å²) in [6, 6.07) is 15.5. The van der Waals surface area contributed by atoms with Gasteiger partial charge in [0.1, 0.15) is 0 Å². The van der Waals surface area contributed by atoms with E-state index in [1.807, 2.05) is 37.3 Å². The Hall–Kier alpha value is -3.48. The third kappa shape index (κ3) is 4.82. The number of carbonyl (C=O) groups is 4. The Bertz CT molecular complexity index is 1070. The van der Waals surface area contributed by atoms with Crippen LogP contribution < -0.4 is 10.2 Å². The fraction of sp³-hybridized carbons (Fsp3) is 0.385. The summed E-state index contributed by atoms with van der Waals surface area (Å²) in [5.74, 6) is -1.65. The fourth-order valence-corrected chi connectivity index (χ4v) is 4.74. The van der Waals surface area contributed by atoms with Gasteiger partial charge >= 0.3 is 5.97 Å². The number of esters is 1. The molecule has 1 heterocycles. The molecular formula is C26H28N2O5. The molecule has 7 nitrogen and oxygen atoms in total. The van der Waals surface area contributed by atoms with Crippen LogP contribution in [0.25, 0.3) is 0 Å². The molecule has 1 saturated heterocycles. The van der Waals surface area contributed by atoms with Crippen molar-refractivity contribution in [3.63, 3.8) is 0 Å². The second-order valence-electron chi connectivity index (χ2n) is 8.97. The lowest BCUT2D eigenvalue weighted by molar-refractivity contribution is -0.125. The Kier molecular flexibility index (Phi) is 6.58. The van der Waals surface area contributed by atoms with Gasteiger partial charge in [0.15, 0.2) is 6.61 Å². The highest BCUT2D eigenvalue weighted by molar-refractivity contribution is 6.22. The average molecular weight is 449 g/mol. The van der Waals surface area contributed by atoms with E-state index < -0.39 is 18.5 Å². The maximum Gasteiger partial charge on any atom is 0.338 e. The molecule has 0 aromatic heterocycles. The number of benzene rings is 2.